The van der Waals surface area contributed by atoms with Crippen LogP contribution in [0.3, 0.4) is 0 Å². The molecule has 10 heavy (non-hydrogen) atoms. The van der Waals surface area contributed by atoms with Crippen molar-refractivity contribution in [2.45, 2.75) is 12.8 Å². The van der Waals surface area contributed by atoms with Gasteiger partial charge in [0.1, 0.15) is 0 Å². The molecule has 0 heterocycles. The lowest BCUT2D eigenvalue weighted by molar-refractivity contribution is -0.118. The Balaban J connectivity index is 2.96. The Morgan fingerprint density at radius 3 is 2.70 bits per heavy atom. The Kier molecular flexibility index (Phi) is 6.91. The first-order valence-electron chi connectivity index (χ1n) is 3.20. The number of amides is 1. The van der Waals surface area contributed by atoms with Gasteiger partial charge in [0, 0.05) is 6.54 Å². The lowest BCUT2D eigenvalue weighted by Gasteiger charge is -1.99. The van der Waals surface area contributed by atoms with Crippen LogP contribution in [0.5, 0.6) is 0 Å². The smallest absolute Gasteiger partial charge is 0.230 e. The minimum Gasteiger partial charge on any atom is -0.355 e. The molecule has 1 amide bonds. The molecule has 4 heteroatoms. The highest BCUT2D eigenvalue weighted by molar-refractivity contribution is 9.09. The van der Waals surface area contributed by atoms with E-state index in [9.17, 15) is 9.18 Å². The van der Waals surface area contributed by atoms with Crippen molar-refractivity contribution in [3.8, 4) is 0 Å². The van der Waals surface area contributed by atoms with Gasteiger partial charge in [-0.3, -0.25) is 9.18 Å². The minimum absolute atomic E-state index is 0.0427. The SMILES string of the molecule is O=C(CBr)NCCCCF. The van der Waals surface area contributed by atoms with E-state index in [2.05, 4.69) is 21.2 Å². The summed E-state index contributed by atoms with van der Waals surface area (Å²) >= 11 is 3.00. The van der Waals surface area contributed by atoms with Crippen LogP contribution >= 0.6 is 15.9 Å². The average Bonchev–Trinajstić information content (AvgIpc) is 1.98. The predicted molar refractivity (Wildman–Crippen MR) is 42.0 cm³/mol. The molecule has 0 saturated heterocycles. The number of halogens is 2. The molecule has 0 unspecified atom stereocenters. The van der Waals surface area contributed by atoms with Crippen molar-refractivity contribution >= 4 is 21.8 Å². The van der Waals surface area contributed by atoms with Gasteiger partial charge in [0.2, 0.25) is 5.91 Å². The van der Waals surface area contributed by atoms with Crippen molar-refractivity contribution in [3.63, 3.8) is 0 Å². The van der Waals surface area contributed by atoms with Gasteiger partial charge in [-0.2, -0.15) is 0 Å². The first-order valence-corrected chi connectivity index (χ1v) is 4.32. The molecule has 0 radical (unpaired) electrons. The van der Waals surface area contributed by atoms with Gasteiger partial charge < -0.3 is 5.32 Å². The third-order valence-corrected chi connectivity index (χ3v) is 1.51. The number of unbranched alkanes of at least 4 members (excludes halogenated alkanes) is 1. The van der Waals surface area contributed by atoms with Gasteiger partial charge in [0.15, 0.2) is 0 Å². The van der Waals surface area contributed by atoms with Crippen LogP contribution in [0.25, 0.3) is 0 Å². The maximum Gasteiger partial charge on any atom is 0.230 e. The van der Waals surface area contributed by atoms with Gasteiger partial charge in [0.25, 0.3) is 0 Å². The number of carbonyl (C=O) groups excluding carboxylic acids is 1. The zero-order chi connectivity index (χ0) is 7.82. The van der Waals surface area contributed by atoms with E-state index in [4.69, 9.17) is 0 Å². The quantitative estimate of drug-likeness (QED) is 0.539. The van der Waals surface area contributed by atoms with Gasteiger partial charge >= 0.3 is 0 Å². The largest absolute Gasteiger partial charge is 0.355 e. The van der Waals surface area contributed by atoms with Crippen LogP contribution in [-0.4, -0.2) is 24.5 Å². The van der Waals surface area contributed by atoms with Gasteiger partial charge in [-0.05, 0) is 12.8 Å². The molecule has 0 rings (SSSR count). The van der Waals surface area contributed by atoms with Crippen LogP contribution in [0.2, 0.25) is 0 Å². The number of hydrogen-bond acceptors (Lipinski definition) is 1. The average molecular weight is 212 g/mol. The summed E-state index contributed by atoms with van der Waals surface area (Å²) in [6.07, 6.45) is 1.25. The molecule has 0 bridgehead atoms. The van der Waals surface area contributed by atoms with Crippen molar-refractivity contribution in [1.82, 2.24) is 5.32 Å². The first-order chi connectivity index (χ1) is 4.81. The number of nitrogens with one attached hydrogen (secondary N) is 1. The Bertz CT molecular complexity index is 99.7. The Labute approximate surface area is 68.3 Å². The summed E-state index contributed by atoms with van der Waals surface area (Å²) < 4.78 is 11.5. The second-order valence-electron chi connectivity index (χ2n) is 1.88. The summed E-state index contributed by atoms with van der Waals surface area (Å²) in [5.74, 6) is -0.0427. The molecule has 0 aliphatic heterocycles. The topological polar surface area (TPSA) is 29.1 Å². The van der Waals surface area contributed by atoms with Gasteiger partial charge in [-0.25, -0.2) is 0 Å². The molecular weight excluding hydrogens is 201 g/mol. The highest BCUT2D eigenvalue weighted by atomic mass is 79.9. The normalized spacial score (nSPS) is 9.40. The molecule has 2 nitrogen and oxygen atoms in total. The third kappa shape index (κ3) is 6.01. The van der Waals surface area contributed by atoms with E-state index in [-0.39, 0.29) is 12.6 Å². The van der Waals surface area contributed by atoms with E-state index in [1.54, 1.807) is 0 Å². The molecule has 0 saturated carbocycles. The van der Waals surface area contributed by atoms with E-state index in [0.717, 1.165) is 6.42 Å². The van der Waals surface area contributed by atoms with Crippen molar-refractivity contribution < 1.29 is 9.18 Å². The van der Waals surface area contributed by atoms with Gasteiger partial charge in [-0.15, -0.1) is 0 Å². The number of alkyl halides is 2. The van der Waals surface area contributed by atoms with Crippen LogP contribution < -0.4 is 5.32 Å². The maximum atomic E-state index is 11.5. The first kappa shape index (κ1) is 9.88. The lowest BCUT2D eigenvalue weighted by atomic mass is 10.3. The van der Waals surface area contributed by atoms with Crippen LogP contribution in [-0.2, 0) is 4.79 Å². The summed E-state index contributed by atoms with van der Waals surface area (Å²) in [6.45, 7) is 0.276. The number of rotatable bonds is 5. The zero-order valence-corrected chi connectivity index (χ0v) is 7.29. The van der Waals surface area contributed by atoms with Crippen LogP contribution in [0, 0.1) is 0 Å². The zero-order valence-electron chi connectivity index (χ0n) is 5.70. The second-order valence-corrected chi connectivity index (χ2v) is 2.44. The monoisotopic (exact) mass is 211 g/mol. The van der Waals surface area contributed by atoms with E-state index in [0.29, 0.717) is 18.3 Å². The fourth-order valence-electron chi connectivity index (χ4n) is 0.495. The van der Waals surface area contributed by atoms with Crippen molar-refractivity contribution in [3.05, 3.63) is 0 Å². The Morgan fingerprint density at radius 2 is 2.20 bits per heavy atom. The van der Waals surface area contributed by atoms with Gasteiger partial charge in [-0.1, -0.05) is 15.9 Å². The molecule has 0 spiro atoms. The highest BCUT2D eigenvalue weighted by Crippen LogP contribution is 1.87. The van der Waals surface area contributed by atoms with E-state index in [1.807, 2.05) is 0 Å². The van der Waals surface area contributed by atoms with Crippen molar-refractivity contribution in [2.75, 3.05) is 18.5 Å². The van der Waals surface area contributed by atoms with Crippen molar-refractivity contribution in [1.29, 1.82) is 0 Å². The summed E-state index contributed by atoms with van der Waals surface area (Å²) in [4.78, 5) is 10.5. The fourth-order valence-corrected chi connectivity index (χ4v) is 0.693. The van der Waals surface area contributed by atoms with Gasteiger partial charge in [0.05, 0.1) is 12.0 Å². The molecule has 0 fully saturated rings. The highest BCUT2D eigenvalue weighted by Gasteiger charge is 1.94. The van der Waals surface area contributed by atoms with Crippen LogP contribution in [0.15, 0.2) is 0 Å². The molecule has 0 atom stereocenters. The maximum absolute atomic E-state index is 11.5. The van der Waals surface area contributed by atoms with Crippen LogP contribution in [0.1, 0.15) is 12.8 Å². The molecular formula is C6H11BrFNO. The standard InChI is InChI=1S/C6H11BrFNO/c7-5-6(10)9-4-2-1-3-8/h1-5H2,(H,9,10). The van der Waals surface area contributed by atoms with E-state index < -0.39 is 0 Å². The minimum atomic E-state index is -0.301. The molecule has 0 aromatic heterocycles. The molecule has 0 aliphatic carbocycles. The summed E-state index contributed by atoms with van der Waals surface area (Å²) in [5.41, 5.74) is 0. The molecule has 1 N–H and O–H groups in total. The van der Waals surface area contributed by atoms with E-state index in [1.165, 1.54) is 0 Å². The third-order valence-electron chi connectivity index (χ3n) is 1.00. The van der Waals surface area contributed by atoms with Crippen molar-refractivity contribution in [2.24, 2.45) is 0 Å². The summed E-state index contributed by atoms with van der Waals surface area (Å²) in [6, 6.07) is 0. The molecule has 0 aromatic rings. The predicted octanol–water partition coefficient (Wildman–Crippen LogP) is 1.25. The molecule has 60 valence electrons. The fraction of sp³-hybridized carbons (Fsp3) is 0.833. The molecule has 0 aliphatic rings. The summed E-state index contributed by atoms with van der Waals surface area (Å²) in [7, 11) is 0. The van der Waals surface area contributed by atoms with Crippen LogP contribution in [0.4, 0.5) is 4.39 Å². The lowest BCUT2D eigenvalue weighted by Crippen LogP contribution is -2.25. The molecule has 0 aromatic carbocycles. The van der Waals surface area contributed by atoms with E-state index >= 15 is 0 Å². The number of hydrogen-bond donors (Lipinski definition) is 1. The Morgan fingerprint density at radius 1 is 1.50 bits per heavy atom. The summed E-state index contributed by atoms with van der Waals surface area (Å²) in [5, 5.41) is 2.94. The Hall–Kier alpha value is -0.120. The second kappa shape index (κ2) is 6.99. The number of carbonyl (C=O) groups is 1.